The molecule has 0 radical (unpaired) electrons. The van der Waals surface area contributed by atoms with Gasteiger partial charge >= 0.3 is 6.18 Å². The second-order valence-electron chi connectivity index (χ2n) is 6.54. The monoisotopic (exact) mass is 462 g/mol. The first-order chi connectivity index (χ1) is 15.3. The standard InChI is InChI=1S/C21H14F4N4O2S/c1-31-18-8-12(21(23,24)25)2-4-15(18)20-14-5-3-13(9-16(14)17(22)10-27-20)32(30)29-19-6-7-26-11-28-19/h2-11H,1H3,(H,26,28,29). The third kappa shape index (κ3) is 4.24. The number of benzene rings is 2. The molecule has 0 saturated heterocycles. The summed E-state index contributed by atoms with van der Waals surface area (Å²) in [6.07, 6.45) is -0.823. The predicted molar refractivity (Wildman–Crippen MR) is 111 cm³/mol. The molecule has 0 aliphatic carbocycles. The minimum absolute atomic E-state index is 0.0571. The van der Waals surface area contributed by atoms with Crippen molar-refractivity contribution in [3.63, 3.8) is 0 Å². The van der Waals surface area contributed by atoms with E-state index >= 15 is 0 Å². The molecule has 4 rings (SSSR count). The molecule has 0 fully saturated rings. The quantitative estimate of drug-likeness (QED) is 0.423. The van der Waals surface area contributed by atoms with Crippen LogP contribution in [0.15, 0.2) is 66.1 Å². The molecule has 2 heterocycles. The van der Waals surface area contributed by atoms with Crippen LogP contribution in [0, 0.1) is 5.82 Å². The molecule has 0 bridgehead atoms. The molecule has 4 aromatic rings. The molecule has 1 unspecified atom stereocenters. The van der Waals surface area contributed by atoms with Crippen LogP contribution in [-0.2, 0) is 17.2 Å². The molecular weight excluding hydrogens is 448 g/mol. The van der Waals surface area contributed by atoms with Crippen molar-refractivity contribution in [1.29, 1.82) is 0 Å². The average molecular weight is 462 g/mol. The van der Waals surface area contributed by atoms with Gasteiger partial charge in [-0.2, -0.15) is 13.2 Å². The summed E-state index contributed by atoms with van der Waals surface area (Å²) in [5.74, 6) is -0.405. The van der Waals surface area contributed by atoms with Crippen molar-refractivity contribution in [3.8, 4) is 17.0 Å². The van der Waals surface area contributed by atoms with Gasteiger partial charge < -0.3 is 4.74 Å². The van der Waals surface area contributed by atoms with Crippen molar-refractivity contribution in [1.82, 2.24) is 15.0 Å². The SMILES string of the molecule is COc1cc(C(F)(F)F)ccc1-c1ncc(F)c2cc(S(=O)Nc3ccncn3)ccc12. The third-order valence-electron chi connectivity index (χ3n) is 4.59. The first-order valence-electron chi connectivity index (χ1n) is 9.06. The van der Waals surface area contributed by atoms with Crippen molar-refractivity contribution >= 4 is 27.6 Å². The minimum atomic E-state index is -4.54. The van der Waals surface area contributed by atoms with Crippen LogP contribution in [0.1, 0.15) is 5.56 Å². The Labute approximate surface area is 181 Å². The summed E-state index contributed by atoms with van der Waals surface area (Å²) in [6.45, 7) is 0. The lowest BCUT2D eigenvalue weighted by molar-refractivity contribution is -0.137. The predicted octanol–water partition coefficient (Wildman–Crippen LogP) is 4.99. The molecule has 0 saturated carbocycles. The summed E-state index contributed by atoms with van der Waals surface area (Å²) in [6, 6.07) is 8.92. The summed E-state index contributed by atoms with van der Waals surface area (Å²) in [5.41, 5.74) is -0.385. The summed E-state index contributed by atoms with van der Waals surface area (Å²) in [4.78, 5) is 12.0. The zero-order chi connectivity index (χ0) is 22.9. The van der Waals surface area contributed by atoms with Gasteiger partial charge in [0.2, 0.25) is 0 Å². The highest BCUT2D eigenvalue weighted by atomic mass is 32.2. The number of ether oxygens (including phenoxy) is 1. The number of aromatic nitrogens is 3. The molecule has 164 valence electrons. The Morgan fingerprint density at radius 1 is 1.03 bits per heavy atom. The second kappa shape index (κ2) is 8.50. The van der Waals surface area contributed by atoms with Gasteiger partial charge in [-0.1, -0.05) is 6.07 Å². The van der Waals surface area contributed by atoms with E-state index < -0.39 is 28.5 Å². The van der Waals surface area contributed by atoms with Crippen molar-refractivity contribution < 1.29 is 26.5 Å². The molecule has 0 aliphatic heterocycles. The number of alkyl halides is 3. The van der Waals surface area contributed by atoms with E-state index in [-0.39, 0.29) is 27.3 Å². The van der Waals surface area contributed by atoms with Gasteiger partial charge in [-0.15, -0.1) is 0 Å². The molecule has 32 heavy (non-hydrogen) atoms. The van der Waals surface area contributed by atoms with Crippen molar-refractivity contribution in [3.05, 3.63) is 72.6 Å². The number of halogens is 4. The van der Waals surface area contributed by atoms with Gasteiger partial charge in [0.25, 0.3) is 0 Å². The molecule has 2 aromatic heterocycles. The molecule has 2 aromatic carbocycles. The fraction of sp³-hybridized carbons (Fsp3) is 0.0952. The summed E-state index contributed by atoms with van der Waals surface area (Å²) < 4.78 is 74.2. The Kier molecular flexibility index (Phi) is 5.74. The molecule has 0 amide bonds. The highest BCUT2D eigenvalue weighted by Gasteiger charge is 2.31. The topological polar surface area (TPSA) is 77.0 Å². The number of nitrogens with zero attached hydrogens (tertiary/aromatic N) is 3. The molecule has 0 spiro atoms. The molecule has 1 atom stereocenters. The van der Waals surface area contributed by atoms with Crippen LogP contribution in [-0.4, -0.2) is 26.3 Å². The van der Waals surface area contributed by atoms with Crippen LogP contribution in [0.25, 0.3) is 22.0 Å². The van der Waals surface area contributed by atoms with Crippen molar-refractivity contribution in [2.24, 2.45) is 0 Å². The zero-order valence-corrected chi connectivity index (χ0v) is 17.2. The summed E-state index contributed by atoms with van der Waals surface area (Å²) in [5, 5.41) is 0.429. The average Bonchev–Trinajstić information content (AvgIpc) is 2.79. The highest BCUT2D eigenvalue weighted by Crippen LogP contribution is 2.39. The number of anilines is 1. The van der Waals surface area contributed by atoms with Gasteiger partial charge in [0.15, 0.2) is 11.0 Å². The number of rotatable bonds is 5. The highest BCUT2D eigenvalue weighted by molar-refractivity contribution is 7.86. The Bertz CT molecular complexity index is 1320. The van der Waals surface area contributed by atoms with Gasteiger partial charge in [0.1, 0.15) is 23.7 Å². The van der Waals surface area contributed by atoms with E-state index in [1.807, 2.05) is 0 Å². The lowest BCUT2D eigenvalue weighted by Gasteiger charge is -2.14. The molecular formula is C21H14F4N4O2S. The van der Waals surface area contributed by atoms with Gasteiger partial charge in [-0.3, -0.25) is 9.71 Å². The summed E-state index contributed by atoms with van der Waals surface area (Å²) in [7, 11) is -0.505. The van der Waals surface area contributed by atoms with E-state index in [2.05, 4.69) is 19.7 Å². The van der Waals surface area contributed by atoms with Crippen LogP contribution in [0.5, 0.6) is 5.75 Å². The van der Waals surface area contributed by atoms with E-state index in [1.165, 1.54) is 50.0 Å². The third-order valence-corrected chi connectivity index (χ3v) is 5.66. The molecule has 11 heteroatoms. The van der Waals surface area contributed by atoms with Crippen LogP contribution in [0.3, 0.4) is 0 Å². The van der Waals surface area contributed by atoms with Gasteiger partial charge in [-0.25, -0.2) is 18.6 Å². The number of nitrogens with one attached hydrogen (secondary N) is 1. The Hall–Kier alpha value is -3.60. The van der Waals surface area contributed by atoms with Crippen LogP contribution in [0.4, 0.5) is 23.4 Å². The Morgan fingerprint density at radius 3 is 2.53 bits per heavy atom. The maximum Gasteiger partial charge on any atom is 0.416 e. The van der Waals surface area contributed by atoms with Crippen LogP contribution >= 0.6 is 0 Å². The Morgan fingerprint density at radius 2 is 1.84 bits per heavy atom. The maximum atomic E-state index is 14.6. The number of hydrogen-bond donors (Lipinski definition) is 1. The number of pyridine rings is 1. The van der Waals surface area contributed by atoms with E-state index in [0.717, 1.165) is 18.3 Å². The van der Waals surface area contributed by atoms with E-state index in [0.29, 0.717) is 11.2 Å². The lowest BCUT2D eigenvalue weighted by Crippen LogP contribution is -2.06. The summed E-state index contributed by atoms with van der Waals surface area (Å²) >= 11 is 0. The first kappa shape index (κ1) is 21.6. The van der Waals surface area contributed by atoms with Gasteiger partial charge in [0, 0.05) is 22.5 Å². The Balaban J connectivity index is 1.78. The van der Waals surface area contributed by atoms with Crippen molar-refractivity contribution in [2.45, 2.75) is 11.1 Å². The second-order valence-corrected chi connectivity index (χ2v) is 7.75. The molecule has 0 aliphatic rings. The first-order valence-corrected chi connectivity index (χ1v) is 10.2. The van der Waals surface area contributed by atoms with E-state index in [4.69, 9.17) is 4.74 Å². The zero-order valence-electron chi connectivity index (χ0n) is 16.4. The fourth-order valence-corrected chi connectivity index (χ4v) is 3.93. The van der Waals surface area contributed by atoms with E-state index in [1.54, 1.807) is 0 Å². The van der Waals surface area contributed by atoms with Crippen LogP contribution < -0.4 is 9.46 Å². The maximum absolute atomic E-state index is 14.6. The van der Waals surface area contributed by atoms with Gasteiger partial charge in [0.05, 0.1) is 29.5 Å². The number of hydrogen-bond acceptors (Lipinski definition) is 5. The van der Waals surface area contributed by atoms with Crippen molar-refractivity contribution in [2.75, 3.05) is 11.8 Å². The largest absolute Gasteiger partial charge is 0.496 e. The smallest absolute Gasteiger partial charge is 0.416 e. The normalized spacial score (nSPS) is 12.5. The fourth-order valence-electron chi connectivity index (χ4n) is 3.09. The minimum Gasteiger partial charge on any atom is -0.496 e. The van der Waals surface area contributed by atoms with Crippen LogP contribution in [0.2, 0.25) is 0 Å². The molecule has 1 N–H and O–H groups in total. The number of methoxy groups -OCH3 is 1. The lowest BCUT2D eigenvalue weighted by atomic mass is 10.0. The van der Waals surface area contributed by atoms with Gasteiger partial charge in [-0.05, 0) is 36.4 Å². The van der Waals surface area contributed by atoms with E-state index in [9.17, 15) is 21.8 Å². The number of fused-ring (bicyclic) bond motifs is 1. The molecule has 6 nitrogen and oxygen atoms in total.